The highest BCUT2D eigenvalue weighted by Crippen LogP contribution is 2.18. The molecule has 23 heavy (non-hydrogen) atoms. The average Bonchev–Trinajstić information content (AvgIpc) is 2.95. The number of nitrogens with one attached hydrogen (secondary N) is 2. The largest absolute Gasteiger partial charge is 0.347 e. The van der Waals surface area contributed by atoms with Crippen molar-refractivity contribution in [2.24, 2.45) is 0 Å². The quantitative estimate of drug-likeness (QED) is 0.834. The second-order valence-corrected chi connectivity index (χ2v) is 5.91. The minimum absolute atomic E-state index is 0.0955. The number of carbonyl (C=O) groups is 1. The van der Waals surface area contributed by atoms with Crippen molar-refractivity contribution in [1.82, 2.24) is 20.4 Å². The van der Waals surface area contributed by atoms with Gasteiger partial charge in [0.15, 0.2) is 5.69 Å². The molecule has 0 radical (unpaired) electrons. The summed E-state index contributed by atoms with van der Waals surface area (Å²) < 4.78 is 1.93. The third-order valence-corrected chi connectivity index (χ3v) is 4.21. The SMILES string of the molecule is CCCn1nc(C(=O)NCC=C2CCNCC2)c2ccccc21. The fourth-order valence-electron chi connectivity index (χ4n) is 3.00. The van der Waals surface area contributed by atoms with Gasteiger partial charge in [-0.2, -0.15) is 5.10 Å². The van der Waals surface area contributed by atoms with Gasteiger partial charge in [-0.25, -0.2) is 0 Å². The van der Waals surface area contributed by atoms with Crippen LogP contribution < -0.4 is 10.6 Å². The van der Waals surface area contributed by atoms with Crippen LogP contribution in [0.3, 0.4) is 0 Å². The van der Waals surface area contributed by atoms with Crippen LogP contribution in [0.15, 0.2) is 35.9 Å². The van der Waals surface area contributed by atoms with Crippen molar-refractivity contribution in [3.05, 3.63) is 41.6 Å². The van der Waals surface area contributed by atoms with Gasteiger partial charge in [0.1, 0.15) is 0 Å². The summed E-state index contributed by atoms with van der Waals surface area (Å²) in [5, 5.41) is 11.8. The molecular formula is C18H24N4O. The Morgan fingerprint density at radius 3 is 2.91 bits per heavy atom. The number of benzene rings is 1. The first-order valence-electron chi connectivity index (χ1n) is 8.42. The van der Waals surface area contributed by atoms with E-state index in [1.165, 1.54) is 5.57 Å². The summed E-state index contributed by atoms with van der Waals surface area (Å²) in [4.78, 5) is 12.5. The number of rotatable bonds is 5. The van der Waals surface area contributed by atoms with Crippen molar-refractivity contribution in [2.75, 3.05) is 19.6 Å². The van der Waals surface area contributed by atoms with Gasteiger partial charge in [0.05, 0.1) is 5.52 Å². The molecule has 1 saturated heterocycles. The van der Waals surface area contributed by atoms with Gasteiger partial charge in [0.2, 0.25) is 0 Å². The standard InChI is InChI=1S/C18H24N4O/c1-2-13-22-16-6-4-3-5-15(16)17(21-22)18(23)20-12-9-14-7-10-19-11-8-14/h3-6,9,19H,2,7-8,10-13H2,1H3,(H,20,23). The van der Waals surface area contributed by atoms with Crippen LogP contribution in [0.1, 0.15) is 36.7 Å². The third kappa shape index (κ3) is 3.62. The topological polar surface area (TPSA) is 59.0 Å². The molecule has 5 heteroatoms. The van der Waals surface area contributed by atoms with Gasteiger partial charge in [0.25, 0.3) is 5.91 Å². The molecule has 1 aliphatic heterocycles. The van der Waals surface area contributed by atoms with E-state index >= 15 is 0 Å². The molecule has 5 nitrogen and oxygen atoms in total. The van der Waals surface area contributed by atoms with Crippen molar-refractivity contribution in [2.45, 2.75) is 32.7 Å². The highest BCUT2D eigenvalue weighted by atomic mass is 16.1. The third-order valence-electron chi connectivity index (χ3n) is 4.21. The summed E-state index contributed by atoms with van der Waals surface area (Å²) in [5.41, 5.74) is 2.97. The summed E-state index contributed by atoms with van der Waals surface area (Å²) >= 11 is 0. The van der Waals surface area contributed by atoms with Crippen LogP contribution in [-0.2, 0) is 6.54 Å². The van der Waals surface area contributed by atoms with Crippen molar-refractivity contribution < 1.29 is 4.79 Å². The van der Waals surface area contributed by atoms with Crippen molar-refractivity contribution >= 4 is 16.8 Å². The molecule has 1 aliphatic rings. The predicted molar refractivity (Wildman–Crippen MR) is 92.5 cm³/mol. The molecule has 1 aromatic heterocycles. The van der Waals surface area contributed by atoms with E-state index in [1.54, 1.807) is 0 Å². The molecular weight excluding hydrogens is 288 g/mol. The van der Waals surface area contributed by atoms with Crippen molar-refractivity contribution in [3.8, 4) is 0 Å². The number of aryl methyl sites for hydroxylation is 1. The Morgan fingerprint density at radius 1 is 1.35 bits per heavy atom. The smallest absolute Gasteiger partial charge is 0.272 e. The second-order valence-electron chi connectivity index (χ2n) is 5.91. The van der Waals surface area contributed by atoms with Crippen LogP contribution >= 0.6 is 0 Å². The van der Waals surface area contributed by atoms with E-state index in [9.17, 15) is 4.79 Å². The molecule has 0 atom stereocenters. The van der Waals surface area contributed by atoms with Crippen molar-refractivity contribution in [3.63, 3.8) is 0 Å². The van der Waals surface area contributed by atoms with Gasteiger partial charge in [-0.15, -0.1) is 0 Å². The molecule has 2 N–H and O–H groups in total. The first-order chi connectivity index (χ1) is 11.3. The number of amides is 1. The molecule has 1 aromatic carbocycles. The van der Waals surface area contributed by atoms with E-state index in [0.29, 0.717) is 12.2 Å². The zero-order chi connectivity index (χ0) is 16.1. The number of nitrogens with zero attached hydrogens (tertiary/aromatic N) is 2. The van der Waals surface area contributed by atoms with E-state index in [4.69, 9.17) is 0 Å². The molecule has 1 fully saturated rings. The number of fused-ring (bicyclic) bond motifs is 1. The Balaban J connectivity index is 1.73. The van der Waals surface area contributed by atoms with Crippen LogP contribution in [-0.4, -0.2) is 35.3 Å². The summed E-state index contributed by atoms with van der Waals surface area (Å²) in [5.74, 6) is -0.0955. The van der Waals surface area contributed by atoms with Gasteiger partial charge in [-0.05, 0) is 38.4 Å². The summed E-state index contributed by atoms with van der Waals surface area (Å²) in [7, 11) is 0. The van der Waals surface area contributed by atoms with E-state index in [0.717, 1.165) is 49.8 Å². The zero-order valence-electron chi connectivity index (χ0n) is 13.6. The fraction of sp³-hybridized carbons (Fsp3) is 0.444. The Bertz CT molecular complexity index is 709. The summed E-state index contributed by atoms with van der Waals surface area (Å²) in [6.45, 7) is 5.58. The minimum Gasteiger partial charge on any atom is -0.347 e. The number of carbonyl (C=O) groups excluding carboxylic acids is 1. The number of hydrogen-bond acceptors (Lipinski definition) is 3. The predicted octanol–water partition coefficient (Wildman–Crippen LogP) is 2.49. The number of hydrogen-bond donors (Lipinski definition) is 2. The van der Waals surface area contributed by atoms with E-state index in [1.807, 2.05) is 28.9 Å². The minimum atomic E-state index is -0.0955. The molecule has 1 amide bonds. The first kappa shape index (κ1) is 15.7. The van der Waals surface area contributed by atoms with Crippen LogP contribution in [0, 0.1) is 0 Å². The summed E-state index contributed by atoms with van der Waals surface area (Å²) in [6.07, 6.45) is 5.28. The lowest BCUT2D eigenvalue weighted by atomic mass is 10.1. The molecule has 0 spiro atoms. The van der Waals surface area contributed by atoms with E-state index in [2.05, 4.69) is 28.7 Å². The van der Waals surface area contributed by atoms with Gasteiger partial charge in [-0.1, -0.05) is 36.8 Å². The molecule has 122 valence electrons. The Morgan fingerprint density at radius 2 is 2.13 bits per heavy atom. The number of para-hydroxylation sites is 1. The lowest BCUT2D eigenvalue weighted by Crippen LogP contribution is -2.26. The first-order valence-corrected chi connectivity index (χ1v) is 8.42. The Labute approximate surface area is 136 Å². The maximum absolute atomic E-state index is 12.5. The average molecular weight is 312 g/mol. The van der Waals surface area contributed by atoms with Gasteiger partial charge < -0.3 is 10.6 Å². The normalized spacial score (nSPS) is 14.9. The Hall–Kier alpha value is -2.14. The fourth-order valence-corrected chi connectivity index (χ4v) is 3.00. The van der Waals surface area contributed by atoms with E-state index in [-0.39, 0.29) is 5.91 Å². The van der Waals surface area contributed by atoms with Crippen molar-refractivity contribution in [1.29, 1.82) is 0 Å². The summed E-state index contributed by atoms with van der Waals surface area (Å²) in [6, 6.07) is 7.92. The molecule has 2 heterocycles. The zero-order valence-corrected chi connectivity index (χ0v) is 13.6. The van der Waals surface area contributed by atoms with Crippen LogP contribution in [0.25, 0.3) is 10.9 Å². The molecule has 3 rings (SSSR count). The Kier molecular flexibility index (Phi) is 5.08. The molecule has 0 unspecified atom stereocenters. The van der Waals surface area contributed by atoms with Crippen LogP contribution in [0.4, 0.5) is 0 Å². The van der Waals surface area contributed by atoms with Crippen LogP contribution in [0.5, 0.6) is 0 Å². The monoisotopic (exact) mass is 312 g/mol. The van der Waals surface area contributed by atoms with Gasteiger partial charge >= 0.3 is 0 Å². The van der Waals surface area contributed by atoms with E-state index < -0.39 is 0 Å². The number of piperidine rings is 1. The highest BCUT2D eigenvalue weighted by Gasteiger charge is 2.16. The second kappa shape index (κ2) is 7.42. The number of aromatic nitrogens is 2. The molecule has 0 bridgehead atoms. The van der Waals surface area contributed by atoms with Gasteiger partial charge in [0, 0.05) is 18.5 Å². The maximum atomic E-state index is 12.5. The lowest BCUT2D eigenvalue weighted by Gasteiger charge is -2.15. The molecule has 2 aromatic rings. The highest BCUT2D eigenvalue weighted by molar-refractivity contribution is 6.04. The maximum Gasteiger partial charge on any atom is 0.272 e. The van der Waals surface area contributed by atoms with Gasteiger partial charge in [-0.3, -0.25) is 9.48 Å². The molecule has 0 saturated carbocycles. The lowest BCUT2D eigenvalue weighted by molar-refractivity contribution is 0.0953. The molecule has 0 aliphatic carbocycles. The van der Waals surface area contributed by atoms with Crippen LogP contribution in [0.2, 0.25) is 0 Å².